The fourth-order valence-corrected chi connectivity index (χ4v) is 3.33. The van der Waals surface area contributed by atoms with Crippen molar-refractivity contribution in [3.05, 3.63) is 0 Å². The number of hydrogen-bond acceptors (Lipinski definition) is 2. The molecule has 0 aromatic rings. The first-order valence-electron chi connectivity index (χ1n) is 6.11. The Hall–Kier alpha value is -0.0800. The third-order valence-electron chi connectivity index (χ3n) is 4.50. The minimum Gasteiger partial charge on any atom is -0.329 e. The fraction of sp³-hybridized carbons (Fsp3) is 1.00. The molecule has 2 bridgehead atoms. The highest BCUT2D eigenvalue weighted by atomic mass is 15.1. The maximum Gasteiger partial charge on any atom is 0.0187 e. The molecule has 4 atom stereocenters. The second-order valence-electron chi connectivity index (χ2n) is 5.46. The van der Waals surface area contributed by atoms with Gasteiger partial charge in [-0.05, 0) is 51.0 Å². The molecule has 2 fully saturated rings. The van der Waals surface area contributed by atoms with E-state index in [2.05, 4.69) is 18.9 Å². The van der Waals surface area contributed by atoms with Gasteiger partial charge in [-0.25, -0.2) is 0 Å². The lowest BCUT2D eigenvalue weighted by molar-refractivity contribution is 0.184. The topological polar surface area (TPSA) is 29.3 Å². The van der Waals surface area contributed by atoms with E-state index in [0.717, 1.165) is 24.3 Å². The Morgan fingerprint density at radius 1 is 1.36 bits per heavy atom. The molecule has 0 heterocycles. The molecule has 0 aromatic heterocycles. The fourth-order valence-electron chi connectivity index (χ4n) is 3.33. The molecular weight excluding hydrogens is 172 g/mol. The van der Waals surface area contributed by atoms with Crippen molar-refractivity contribution in [2.75, 3.05) is 20.1 Å². The van der Waals surface area contributed by atoms with Gasteiger partial charge in [0.05, 0.1) is 0 Å². The lowest BCUT2D eigenvalue weighted by atomic mass is 9.88. The monoisotopic (exact) mass is 196 g/mol. The largest absolute Gasteiger partial charge is 0.329 e. The van der Waals surface area contributed by atoms with Crippen LogP contribution in [0.3, 0.4) is 0 Å². The van der Waals surface area contributed by atoms with E-state index < -0.39 is 0 Å². The Kier molecular flexibility index (Phi) is 3.13. The predicted molar refractivity (Wildman–Crippen MR) is 60.1 cm³/mol. The number of nitrogens with zero attached hydrogens (tertiary/aromatic N) is 1. The summed E-state index contributed by atoms with van der Waals surface area (Å²) in [4.78, 5) is 2.45. The smallest absolute Gasteiger partial charge is 0.0187 e. The molecule has 0 aliphatic heterocycles. The number of fused-ring (bicyclic) bond motifs is 2. The van der Waals surface area contributed by atoms with Crippen molar-refractivity contribution >= 4 is 0 Å². The molecule has 4 unspecified atom stereocenters. The predicted octanol–water partition coefficient (Wildman–Crippen LogP) is 1.70. The zero-order valence-corrected chi connectivity index (χ0v) is 9.58. The van der Waals surface area contributed by atoms with Gasteiger partial charge in [0.15, 0.2) is 0 Å². The van der Waals surface area contributed by atoms with Gasteiger partial charge in [-0.15, -0.1) is 0 Å². The van der Waals surface area contributed by atoms with Crippen LogP contribution in [-0.4, -0.2) is 31.1 Å². The summed E-state index contributed by atoms with van der Waals surface area (Å²) < 4.78 is 0. The van der Waals surface area contributed by atoms with Crippen LogP contribution in [0.15, 0.2) is 0 Å². The van der Waals surface area contributed by atoms with E-state index in [1.165, 1.54) is 32.2 Å². The molecule has 0 spiro atoms. The summed E-state index contributed by atoms with van der Waals surface area (Å²) in [6, 6.07) is 0.550. The van der Waals surface area contributed by atoms with E-state index in [-0.39, 0.29) is 0 Å². The van der Waals surface area contributed by atoms with E-state index >= 15 is 0 Å². The standard InChI is InChI=1S/C12H24N2/c1-9(7-13)14(2)8-12-6-10-3-4-11(12)5-10/h9-12H,3-8,13H2,1-2H3. The normalized spacial score (nSPS) is 38.1. The lowest BCUT2D eigenvalue weighted by Crippen LogP contribution is -2.39. The molecule has 0 radical (unpaired) electrons. The van der Waals surface area contributed by atoms with Crippen molar-refractivity contribution in [2.24, 2.45) is 23.5 Å². The molecule has 2 aliphatic carbocycles. The van der Waals surface area contributed by atoms with Gasteiger partial charge in [-0.1, -0.05) is 6.42 Å². The number of hydrogen-bond donors (Lipinski definition) is 1. The molecule has 2 saturated carbocycles. The number of likely N-dealkylation sites (N-methyl/N-ethyl adjacent to an activating group) is 1. The summed E-state index contributed by atoms with van der Waals surface area (Å²) in [5.74, 6) is 3.10. The molecule has 0 aromatic carbocycles. The first-order chi connectivity index (χ1) is 6.70. The molecule has 0 saturated heterocycles. The molecule has 2 N–H and O–H groups in total. The Morgan fingerprint density at radius 3 is 2.64 bits per heavy atom. The van der Waals surface area contributed by atoms with Crippen LogP contribution in [0.25, 0.3) is 0 Å². The number of nitrogens with two attached hydrogens (primary N) is 1. The summed E-state index contributed by atoms with van der Waals surface area (Å²) in [6.07, 6.45) is 6.03. The average molecular weight is 196 g/mol. The Morgan fingerprint density at radius 2 is 2.14 bits per heavy atom. The zero-order valence-electron chi connectivity index (χ0n) is 9.58. The molecule has 2 heteroatoms. The van der Waals surface area contributed by atoms with E-state index in [9.17, 15) is 0 Å². The first-order valence-corrected chi connectivity index (χ1v) is 6.11. The summed E-state index contributed by atoms with van der Waals surface area (Å²) in [6.45, 7) is 4.30. The molecule has 2 aliphatic rings. The van der Waals surface area contributed by atoms with Crippen molar-refractivity contribution in [1.82, 2.24) is 4.90 Å². The van der Waals surface area contributed by atoms with Gasteiger partial charge in [0.25, 0.3) is 0 Å². The lowest BCUT2D eigenvalue weighted by Gasteiger charge is -2.30. The maximum atomic E-state index is 5.68. The van der Waals surface area contributed by atoms with Crippen LogP contribution >= 0.6 is 0 Å². The number of rotatable bonds is 4. The van der Waals surface area contributed by atoms with Crippen LogP contribution in [0.5, 0.6) is 0 Å². The van der Waals surface area contributed by atoms with E-state index in [1.54, 1.807) is 0 Å². The zero-order chi connectivity index (χ0) is 10.1. The van der Waals surface area contributed by atoms with Gasteiger partial charge in [0.1, 0.15) is 0 Å². The van der Waals surface area contributed by atoms with E-state index in [1.807, 2.05) is 0 Å². The summed E-state index contributed by atoms with van der Waals surface area (Å²) in [5, 5.41) is 0. The van der Waals surface area contributed by atoms with Gasteiger partial charge in [-0.3, -0.25) is 0 Å². The Balaban J connectivity index is 1.80. The van der Waals surface area contributed by atoms with Crippen LogP contribution in [0.2, 0.25) is 0 Å². The van der Waals surface area contributed by atoms with Gasteiger partial charge < -0.3 is 10.6 Å². The molecule has 14 heavy (non-hydrogen) atoms. The van der Waals surface area contributed by atoms with Crippen molar-refractivity contribution in [3.63, 3.8) is 0 Å². The van der Waals surface area contributed by atoms with Crippen molar-refractivity contribution < 1.29 is 0 Å². The first kappa shape index (κ1) is 10.4. The van der Waals surface area contributed by atoms with Crippen molar-refractivity contribution in [3.8, 4) is 0 Å². The van der Waals surface area contributed by atoms with Gasteiger partial charge >= 0.3 is 0 Å². The van der Waals surface area contributed by atoms with Gasteiger partial charge in [-0.2, -0.15) is 0 Å². The molecule has 0 amide bonds. The third-order valence-corrected chi connectivity index (χ3v) is 4.50. The SMILES string of the molecule is CC(CN)N(C)CC1CC2CCC1C2. The molecule has 2 rings (SSSR count). The third kappa shape index (κ3) is 1.96. The van der Waals surface area contributed by atoms with Gasteiger partial charge in [0.2, 0.25) is 0 Å². The van der Waals surface area contributed by atoms with E-state index in [0.29, 0.717) is 6.04 Å². The second-order valence-corrected chi connectivity index (χ2v) is 5.46. The Labute approximate surface area is 87.8 Å². The minimum absolute atomic E-state index is 0.550. The van der Waals surface area contributed by atoms with Crippen molar-refractivity contribution in [1.29, 1.82) is 0 Å². The maximum absolute atomic E-state index is 5.68. The molecule has 2 nitrogen and oxygen atoms in total. The Bertz CT molecular complexity index is 193. The summed E-state index contributed by atoms with van der Waals surface area (Å²) in [7, 11) is 2.23. The summed E-state index contributed by atoms with van der Waals surface area (Å²) >= 11 is 0. The average Bonchev–Trinajstić information content (AvgIpc) is 2.77. The highest BCUT2D eigenvalue weighted by Crippen LogP contribution is 2.48. The second kappa shape index (κ2) is 4.19. The van der Waals surface area contributed by atoms with Crippen LogP contribution in [0.4, 0.5) is 0 Å². The molecule has 82 valence electrons. The summed E-state index contributed by atoms with van der Waals surface area (Å²) in [5.41, 5.74) is 5.68. The van der Waals surface area contributed by atoms with Gasteiger partial charge in [0, 0.05) is 19.1 Å². The van der Waals surface area contributed by atoms with E-state index in [4.69, 9.17) is 5.73 Å². The minimum atomic E-state index is 0.550. The van der Waals surface area contributed by atoms with Crippen LogP contribution in [-0.2, 0) is 0 Å². The van der Waals surface area contributed by atoms with Crippen molar-refractivity contribution in [2.45, 2.75) is 38.6 Å². The quantitative estimate of drug-likeness (QED) is 0.741. The van der Waals surface area contributed by atoms with Crippen LogP contribution in [0.1, 0.15) is 32.6 Å². The highest BCUT2D eigenvalue weighted by Gasteiger charge is 2.39. The van der Waals surface area contributed by atoms with Crippen LogP contribution < -0.4 is 5.73 Å². The van der Waals surface area contributed by atoms with Crippen LogP contribution in [0, 0.1) is 17.8 Å². The molecular formula is C12H24N2. The highest BCUT2D eigenvalue weighted by molar-refractivity contribution is 4.91.